The molecular formula is C8H4N2O4. The predicted molar refractivity (Wildman–Crippen MR) is 46.9 cm³/mol. The molecule has 0 unspecified atom stereocenters. The summed E-state index contributed by atoms with van der Waals surface area (Å²) in [6.07, 6.45) is 0. The highest BCUT2D eigenvalue weighted by atomic mass is 16.6. The van der Waals surface area contributed by atoms with Gasteiger partial charge in [-0.15, -0.1) is 0 Å². The third-order valence-electron chi connectivity index (χ3n) is 1.65. The summed E-state index contributed by atoms with van der Waals surface area (Å²) in [4.78, 5) is 24.1. The Morgan fingerprint density at radius 3 is 2.79 bits per heavy atom. The molecule has 2 aromatic rings. The molecule has 0 aliphatic rings. The van der Waals surface area contributed by atoms with Crippen LogP contribution in [0.3, 0.4) is 0 Å². The predicted octanol–water partition coefficient (Wildman–Crippen LogP) is 1.10. The molecule has 1 heterocycles. The van der Waals surface area contributed by atoms with Gasteiger partial charge in [-0.2, -0.15) is 0 Å². The third kappa shape index (κ3) is 1.22. The summed E-state index contributed by atoms with van der Waals surface area (Å²) in [6, 6.07) is 6.36. The van der Waals surface area contributed by atoms with Crippen LogP contribution in [0.5, 0.6) is 0 Å². The minimum Gasteiger partial charge on any atom is -0.412 e. The maximum atomic E-state index is 11.0. The number of nitro groups is 1. The van der Waals surface area contributed by atoms with Crippen molar-refractivity contribution in [3.63, 3.8) is 0 Å². The van der Waals surface area contributed by atoms with Crippen LogP contribution in [0, 0.1) is 10.1 Å². The molecule has 0 fully saturated rings. The number of hydrogen-bond acceptors (Lipinski definition) is 5. The van der Waals surface area contributed by atoms with E-state index >= 15 is 0 Å². The lowest BCUT2D eigenvalue weighted by atomic mass is 10.3. The normalized spacial score (nSPS) is 10.3. The van der Waals surface area contributed by atoms with Crippen molar-refractivity contribution >= 4 is 16.9 Å². The average Bonchev–Trinajstić information content (AvgIpc) is 2.16. The van der Waals surface area contributed by atoms with E-state index in [1.54, 1.807) is 12.1 Å². The Morgan fingerprint density at radius 2 is 2.07 bits per heavy atom. The van der Waals surface area contributed by atoms with E-state index in [2.05, 4.69) is 4.98 Å². The van der Waals surface area contributed by atoms with Crippen molar-refractivity contribution in [3.05, 3.63) is 44.8 Å². The van der Waals surface area contributed by atoms with Crippen molar-refractivity contribution < 1.29 is 9.34 Å². The van der Waals surface area contributed by atoms with Gasteiger partial charge in [0.15, 0.2) is 5.58 Å². The van der Waals surface area contributed by atoms with Crippen LogP contribution in [-0.2, 0) is 0 Å². The number of hydrogen-bond donors (Lipinski definition) is 0. The number of rotatable bonds is 1. The van der Waals surface area contributed by atoms with E-state index in [9.17, 15) is 14.9 Å². The second-order valence-electron chi connectivity index (χ2n) is 2.55. The van der Waals surface area contributed by atoms with E-state index in [-0.39, 0.29) is 5.58 Å². The minimum absolute atomic E-state index is 0.239. The maximum Gasteiger partial charge on any atom is 0.451 e. The Bertz CT molecular complexity index is 561. The molecule has 14 heavy (non-hydrogen) atoms. The molecule has 6 nitrogen and oxygen atoms in total. The van der Waals surface area contributed by atoms with Gasteiger partial charge < -0.3 is 14.5 Å². The maximum absolute atomic E-state index is 11.0. The standard InChI is InChI=1S/C8H4N2O4/c11-8-7(10(12)13)9-5-3-1-2-4-6(5)14-8/h1-4H. The van der Waals surface area contributed by atoms with Crippen LogP contribution in [0.15, 0.2) is 33.5 Å². The molecule has 2 rings (SSSR count). The summed E-state index contributed by atoms with van der Waals surface area (Å²) in [5.41, 5.74) is -0.504. The highest BCUT2D eigenvalue weighted by molar-refractivity contribution is 5.72. The summed E-state index contributed by atoms with van der Waals surface area (Å²) in [5.74, 6) is -0.788. The molecule has 0 N–H and O–H groups in total. The molecule has 1 aromatic heterocycles. The Labute approximate surface area is 77.0 Å². The lowest BCUT2D eigenvalue weighted by molar-refractivity contribution is -0.391. The quantitative estimate of drug-likeness (QED) is 0.498. The lowest BCUT2D eigenvalue weighted by Crippen LogP contribution is -2.08. The van der Waals surface area contributed by atoms with E-state index in [1.807, 2.05) is 0 Å². The van der Waals surface area contributed by atoms with E-state index in [0.29, 0.717) is 5.52 Å². The van der Waals surface area contributed by atoms with Crippen molar-refractivity contribution in [3.8, 4) is 0 Å². The Kier molecular flexibility index (Phi) is 1.74. The first kappa shape index (κ1) is 8.36. The van der Waals surface area contributed by atoms with Gasteiger partial charge in [0, 0.05) is 0 Å². The molecule has 0 atom stereocenters. The lowest BCUT2D eigenvalue weighted by Gasteiger charge is -1.91. The van der Waals surface area contributed by atoms with Gasteiger partial charge in [0.25, 0.3) is 0 Å². The van der Waals surface area contributed by atoms with Gasteiger partial charge in [-0.3, -0.25) is 0 Å². The monoisotopic (exact) mass is 192 g/mol. The van der Waals surface area contributed by atoms with Gasteiger partial charge in [-0.05, 0) is 22.0 Å². The second kappa shape index (κ2) is 2.91. The van der Waals surface area contributed by atoms with Crippen LogP contribution in [0.25, 0.3) is 11.1 Å². The van der Waals surface area contributed by atoms with Crippen LogP contribution in [-0.4, -0.2) is 9.91 Å². The van der Waals surface area contributed by atoms with Crippen molar-refractivity contribution in [2.75, 3.05) is 0 Å². The largest absolute Gasteiger partial charge is 0.451 e. The van der Waals surface area contributed by atoms with Gasteiger partial charge in [-0.1, -0.05) is 12.1 Å². The van der Waals surface area contributed by atoms with Gasteiger partial charge in [0.05, 0.1) is 0 Å². The van der Waals surface area contributed by atoms with E-state index in [4.69, 9.17) is 4.42 Å². The van der Waals surface area contributed by atoms with E-state index in [1.165, 1.54) is 12.1 Å². The zero-order valence-corrected chi connectivity index (χ0v) is 6.84. The fraction of sp³-hybridized carbons (Fsp3) is 0. The van der Waals surface area contributed by atoms with Crippen molar-refractivity contribution in [1.29, 1.82) is 0 Å². The molecule has 0 aliphatic carbocycles. The fourth-order valence-corrected chi connectivity index (χ4v) is 1.06. The number of nitrogens with zero attached hydrogens (tertiary/aromatic N) is 2. The molecule has 0 spiro atoms. The molecule has 0 amide bonds. The molecule has 70 valence electrons. The zero-order chi connectivity index (χ0) is 10.1. The molecule has 0 aliphatic heterocycles. The van der Waals surface area contributed by atoms with E-state index in [0.717, 1.165) is 0 Å². The Balaban J connectivity index is 2.84. The van der Waals surface area contributed by atoms with Gasteiger partial charge in [0.2, 0.25) is 5.52 Å². The van der Waals surface area contributed by atoms with Crippen LogP contribution >= 0.6 is 0 Å². The fourth-order valence-electron chi connectivity index (χ4n) is 1.06. The van der Waals surface area contributed by atoms with Crippen molar-refractivity contribution in [2.45, 2.75) is 0 Å². The first-order valence-corrected chi connectivity index (χ1v) is 3.73. The highest BCUT2D eigenvalue weighted by Crippen LogP contribution is 2.11. The molecule has 6 heteroatoms. The van der Waals surface area contributed by atoms with Gasteiger partial charge >= 0.3 is 11.4 Å². The zero-order valence-electron chi connectivity index (χ0n) is 6.84. The molecule has 1 aromatic carbocycles. The second-order valence-corrected chi connectivity index (χ2v) is 2.55. The van der Waals surface area contributed by atoms with Gasteiger partial charge in [-0.25, -0.2) is 4.79 Å². The molecule has 0 saturated carbocycles. The summed E-state index contributed by atoms with van der Waals surface area (Å²) in [6.45, 7) is 0. The van der Waals surface area contributed by atoms with E-state index < -0.39 is 16.4 Å². The van der Waals surface area contributed by atoms with Gasteiger partial charge in [0.1, 0.15) is 0 Å². The smallest absolute Gasteiger partial charge is 0.412 e. The first-order valence-electron chi connectivity index (χ1n) is 3.73. The number of benzene rings is 1. The summed E-state index contributed by atoms with van der Waals surface area (Å²) < 4.78 is 4.69. The molecule has 0 radical (unpaired) electrons. The van der Waals surface area contributed by atoms with Crippen LogP contribution in [0.2, 0.25) is 0 Å². The number of fused-ring (bicyclic) bond motifs is 1. The third-order valence-corrected chi connectivity index (χ3v) is 1.65. The SMILES string of the molecule is O=c1oc2ccccc2nc1[N+](=O)[O-]. The minimum atomic E-state index is -1.03. The summed E-state index contributed by atoms with van der Waals surface area (Å²) in [5, 5.41) is 10.3. The average molecular weight is 192 g/mol. The van der Waals surface area contributed by atoms with Crippen LogP contribution < -0.4 is 5.63 Å². The number of aromatic nitrogens is 1. The van der Waals surface area contributed by atoms with Crippen LogP contribution in [0.1, 0.15) is 0 Å². The molecule has 0 saturated heterocycles. The molecular weight excluding hydrogens is 188 g/mol. The number of para-hydroxylation sites is 2. The Morgan fingerprint density at radius 1 is 1.36 bits per heavy atom. The van der Waals surface area contributed by atoms with Crippen molar-refractivity contribution in [2.24, 2.45) is 0 Å². The Hall–Kier alpha value is -2.24. The summed E-state index contributed by atoms with van der Waals surface area (Å²) >= 11 is 0. The summed E-state index contributed by atoms with van der Waals surface area (Å²) in [7, 11) is 0. The topological polar surface area (TPSA) is 86.2 Å². The molecule has 0 bridgehead atoms. The van der Waals surface area contributed by atoms with Crippen molar-refractivity contribution in [1.82, 2.24) is 4.98 Å². The first-order chi connectivity index (χ1) is 6.68. The van der Waals surface area contributed by atoms with Crippen LogP contribution in [0.4, 0.5) is 5.82 Å². The highest BCUT2D eigenvalue weighted by Gasteiger charge is 2.17.